The number of ether oxygens (including phenoxy) is 2. The van der Waals surface area contributed by atoms with Crippen LogP contribution in [0.2, 0.25) is 0 Å². The summed E-state index contributed by atoms with van der Waals surface area (Å²) in [5.74, 6) is 1.66. The van der Waals surface area contributed by atoms with Gasteiger partial charge in [0.2, 0.25) is 5.91 Å². The van der Waals surface area contributed by atoms with Crippen LogP contribution in [0.1, 0.15) is 54.7 Å². The number of hydrogen-bond donors (Lipinski definition) is 1. The van der Waals surface area contributed by atoms with Gasteiger partial charge in [-0.2, -0.15) is 5.26 Å². The number of methoxy groups -OCH3 is 1. The average molecular weight is 425 g/mol. The van der Waals surface area contributed by atoms with Crippen molar-refractivity contribution < 1.29 is 14.3 Å². The molecule has 1 amide bonds. The number of anilines is 1. The normalized spacial score (nSPS) is 13.2. The number of hydrogen-bond acceptors (Lipinski definition) is 5. The molecule has 0 unspecified atom stereocenters. The molecule has 2 aromatic rings. The van der Waals surface area contributed by atoms with E-state index in [4.69, 9.17) is 9.47 Å². The number of aryl methyl sites for hydroxylation is 1. The average Bonchev–Trinajstić information content (AvgIpc) is 3.09. The first-order valence-electron chi connectivity index (χ1n) is 10.4. The third kappa shape index (κ3) is 5.43. The van der Waals surface area contributed by atoms with Crippen molar-refractivity contribution in [2.24, 2.45) is 5.92 Å². The maximum atomic E-state index is 12.4. The number of nitrogens with one attached hydrogen (secondary N) is 1. The molecule has 0 atom stereocenters. The van der Waals surface area contributed by atoms with E-state index in [1.807, 2.05) is 18.2 Å². The number of rotatable bonds is 8. The van der Waals surface area contributed by atoms with Gasteiger partial charge in [-0.3, -0.25) is 4.79 Å². The van der Waals surface area contributed by atoms with Gasteiger partial charge in [0, 0.05) is 11.0 Å². The van der Waals surface area contributed by atoms with Gasteiger partial charge in [0.25, 0.3) is 0 Å². The molecular formula is C24H28N2O3S. The lowest BCUT2D eigenvalue weighted by Crippen LogP contribution is -2.08. The molecule has 1 aliphatic rings. The topological polar surface area (TPSA) is 71.3 Å². The van der Waals surface area contributed by atoms with Crippen LogP contribution in [0.15, 0.2) is 24.3 Å². The molecule has 0 bridgehead atoms. The number of nitriles is 1. The smallest absolute Gasteiger partial charge is 0.249 e. The molecule has 1 aliphatic carbocycles. The highest BCUT2D eigenvalue weighted by Crippen LogP contribution is 2.37. The Morgan fingerprint density at radius 3 is 2.83 bits per heavy atom. The van der Waals surface area contributed by atoms with Crippen molar-refractivity contribution in [1.29, 1.82) is 5.26 Å². The van der Waals surface area contributed by atoms with E-state index in [9.17, 15) is 10.1 Å². The molecule has 158 valence electrons. The molecule has 0 spiro atoms. The number of thiophene rings is 1. The molecular weight excluding hydrogens is 396 g/mol. The molecule has 0 aliphatic heterocycles. The summed E-state index contributed by atoms with van der Waals surface area (Å²) in [5.41, 5.74) is 2.58. The van der Waals surface area contributed by atoms with E-state index in [-0.39, 0.29) is 5.91 Å². The molecule has 1 aromatic carbocycles. The predicted octanol–water partition coefficient (Wildman–Crippen LogP) is 5.58. The molecule has 1 N–H and O–H groups in total. The summed E-state index contributed by atoms with van der Waals surface area (Å²) in [6, 6.07) is 7.86. The van der Waals surface area contributed by atoms with Gasteiger partial charge in [-0.1, -0.05) is 19.9 Å². The first kappa shape index (κ1) is 21.9. The van der Waals surface area contributed by atoms with Gasteiger partial charge in [0.15, 0.2) is 11.5 Å². The maximum Gasteiger partial charge on any atom is 0.249 e. The molecule has 0 saturated carbocycles. The minimum absolute atomic E-state index is 0.249. The van der Waals surface area contributed by atoms with E-state index in [1.165, 1.54) is 22.3 Å². The SMILES string of the molecule is COc1cc(C=CC(=O)Nc2sc3c(c2C#N)CCCC3)ccc1OCCC(C)C. The molecule has 0 radical (unpaired) electrons. The van der Waals surface area contributed by atoms with Crippen LogP contribution in [0.25, 0.3) is 6.08 Å². The quantitative estimate of drug-likeness (QED) is 0.561. The standard InChI is InChI=1S/C24H28N2O3S/c1-16(2)12-13-29-20-10-8-17(14-21(20)28-3)9-11-23(27)26-24-19(15-25)18-6-4-5-7-22(18)30-24/h8-11,14,16H,4-7,12-13H2,1-3H3,(H,26,27). The van der Waals surface area contributed by atoms with E-state index >= 15 is 0 Å². The second-order valence-electron chi connectivity index (χ2n) is 7.79. The zero-order valence-corrected chi connectivity index (χ0v) is 18.6. The van der Waals surface area contributed by atoms with Crippen molar-refractivity contribution in [3.63, 3.8) is 0 Å². The van der Waals surface area contributed by atoms with Crippen LogP contribution >= 0.6 is 11.3 Å². The Labute approximate surface area is 182 Å². The monoisotopic (exact) mass is 424 g/mol. The van der Waals surface area contributed by atoms with Crippen molar-refractivity contribution in [3.05, 3.63) is 45.8 Å². The lowest BCUT2D eigenvalue weighted by molar-refractivity contribution is -0.111. The molecule has 3 rings (SSSR count). The highest BCUT2D eigenvalue weighted by Gasteiger charge is 2.21. The van der Waals surface area contributed by atoms with Gasteiger partial charge >= 0.3 is 0 Å². The van der Waals surface area contributed by atoms with Crippen LogP contribution in [-0.2, 0) is 17.6 Å². The fourth-order valence-corrected chi connectivity index (χ4v) is 4.65. The predicted molar refractivity (Wildman–Crippen MR) is 121 cm³/mol. The summed E-state index contributed by atoms with van der Waals surface area (Å²) in [6.07, 6.45) is 8.35. The fraction of sp³-hybridized carbons (Fsp3) is 0.417. The highest BCUT2D eigenvalue weighted by molar-refractivity contribution is 7.16. The van der Waals surface area contributed by atoms with Crippen LogP contribution in [0, 0.1) is 17.2 Å². The van der Waals surface area contributed by atoms with E-state index in [1.54, 1.807) is 13.2 Å². The Morgan fingerprint density at radius 1 is 1.30 bits per heavy atom. The molecule has 5 nitrogen and oxygen atoms in total. The molecule has 0 saturated heterocycles. The number of carbonyl (C=O) groups is 1. The molecule has 6 heteroatoms. The van der Waals surface area contributed by atoms with Crippen molar-refractivity contribution in [2.75, 3.05) is 19.0 Å². The van der Waals surface area contributed by atoms with E-state index < -0.39 is 0 Å². The van der Waals surface area contributed by atoms with Crippen molar-refractivity contribution in [1.82, 2.24) is 0 Å². The molecule has 30 heavy (non-hydrogen) atoms. The number of nitrogens with zero attached hydrogens (tertiary/aromatic N) is 1. The molecule has 1 aromatic heterocycles. The number of amides is 1. The summed E-state index contributed by atoms with van der Waals surface area (Å²) in [5, 5.41) is 13.1. The van der Waals surface area contributed by atoms with Crippen molar-refractivity contribution in [3.8, 4) is 17.6 Å². The van der Waals surface area contributed by atoms with Crippen LogP contribution in [-0.4, -0.2) is 19.6 Å². The first-order chi connectivity index (χ1) is 14.5. The fourth-order valence-electron chi connectivity index (χ4n) is 3.41. The minimum Gasteiger partial charge on any atom is -0.493 e. The van der Waals surface area contributed by atoms with E-state index in [2.05, 4.69) is 25.2 Å². The van der Waals surface area contributed by atoms with Gasteiger partial charge in [0.1, 0.15) is 11.1 Å². The van der Waals surface area contributed by atoms with Crippen LogP contribution < -0.4 is 14.8 Å². The van der Waals surface area contributed by atoms with Gasteiger partial charge in [-0.05, 0) is 67.4 Å². The Kier molecular flexibility index (Phi) is 7.53. The number of fused-ring (bicyclic) bond motifs is 1. The summed E-state index contributed by atoms with van der Waals surface area (Å²) in [7, 11) is 1.60. The van der Waals surface area contributed by atoms with Crippen LogP contribution in [0.3, 0.4) is 0 Å². The lowest BCUT2D eigenvalue weighted by atomic mass is 9.96. The molecule has 0 fully saturated rings. The van der Waals surface area contributed by atoms with Crippen LogP contribution in [0.5, 0.6) is 11.5 Å². The largest absolute Gasteiger partial charge is 0.493 e. The van der Waals surface area contributed by atoms with Gasteiger partial charge in [0.05, 0.1) is 19.3 Å². The second-order valence-corrected chi connectivity index (χ2v) is 8.90. The minimum atomic E-state index is -0.249. The van der Waals surface area contributed by atoms with E-state index in [0.29, 0.717) is 34.6 Å². The second kappa shape index (κ2) is 10.3. The summed E-state index contributed by atoms with van der Waals surface area (Å²) in [4.78, 5) is 13.7. The van der Waals surface area contributed by atoms with Gasteiger partial charge in [-0.15, -0.1) is 11.3 Å². The number of carbonyl (C=O) groups excluding carboxylic acids is 1. The summed E-state index contributed by atoms with van der Waals surface area (Å²) >= 11 is 1.53. The molecule has 1 heterocycles. The lowest BCUT2D eigenvalue weighted by Gasteiger charge is -2.12. The summed E-state index contributed by atoms with van der Waals surface area (Å²) in [6.45, 7) is 4.95. The van der Waals surface area contributed by atoms with Crippen molar-refractivity contribution >= 4 is 28.3 Å². The maximum absolute atomic E-state index is 12.4. The Balaban J connectivity index is 1.66. The van der Waals surface area contributed by atoms with Crippen LogP contribution in [0.4, 0.5) is 5.00 Å². The Hall–Kier alpha value is -2.78. The van der Waals surface area contributed by atoms with Gasteiger partial charge < -0.3 is 14.8 Å². The zero-order chi connectivity index (χ0) is 21.5. The van der Waals surface area contributed by atoms with Gasteiger partial charge in [-0.25, -0.2) is 0 Å². The Morgan fingerprint density at radius 2 is 2.10 bits per heavy atom. The van der Waals surface area contributed by atoms with Crippen molar-refractivity contribution in [2.45, 2.75) is 46.0 Å². The first-order valence-corrected chi connectivity index (χ1v) is 11.2. The summed E-state index contributed by atoms with van der Waals surface area (Å²) < 4.78 is 11.2. The van der Waals surface area contributed by atoms with E-state index in [0.717, 1.165) is 43.2 Å². The zero-order valence-electron chi connectivity index (χ0n) is 17.8. The third-order valence-electron chi connectivity index (χ3n) is 5.09. The third-order valence-corrected chi connectivity index (χ3v) is 6.29. The highest BCUT2D eigenvalue weighted by atomic mass is 32.1. The number of benzene rings is 1. The Bertz CT molecular complexity index is 970.